The van der Waals surface area contributed by atoms with E-state index in [1.54, 1.807) is 18.2 Å². The van der Waals surface area contributed by atoms with Crippen LogP contribution in [0.5, 0.6) is 0 Å². The van der Waals surface area contributed by atoms with Crippen molar-refractivity contribution in [2.24, 2.45) is 0 Å². The molecule has 24 heavy (non-hydrogen) atoms. The molecule has 122 valence electrons. The molecule has 1 heterocycles. The van der Waals surface area contributed by atoms with Gasteiger partial charge in [-0.25, -0.2) is 9.37 Å². The van der Waals surface area contributed by atoms with Crippen LogP contribution in [0.3, 0.4) is 0 Å². The molecule has 0 aliphatic rings. The minimum Gasteiger partial charge on any atom is -0.310 e. The van der Waals surface area contributed by atoms with Gasteiger partial charge >= 0.3 is 0 Å². The van der Waals surface area contributed by atoms with Gasteiger partial charge in [-0.1, -0.05) is 31.2 Å². The molecule has 0 fully saturated rings. The Kier molecular flexibility index (Phi) is 4.70. The van der Waals surface area contributed by atoms with Crippen molar-refractivity contribution in [3.05, 3.63) is 66.0 Å². The SMILES string of the molecule is CCCn1c(NC(=O)/C=C/c2ccc(F)cc2)nc2ccccc21. The number of anilines is 1. The molecule has 5 heteroatoms. The molecule has 3 rings (SSSR count). The topological polar surface area (TPSA) is 46.9 Å². The quantitative estimate of drug-likeness (QED) is 0.714. The number of carbonyl (C=O) groups excluding carboxylic acids is 1. The van der Waals surface area contributed by atoms with E-state index in [9.17, 15) is 9.18 Å². The summed E-state index contributed by atoms with van der Waals surface area (Å²) in [6, 6.07) is 13.7. The molecule has 1 N–H and O–H groups in total. The van der Waals surface area contributed by atoms with Crippen molar-refractivity contribution < 1.29 is 9.18 Å². The first-order valence-corrected chi connectivity index (χ1v) is 7.87. The van der Waals surface area contributed by atoms with Gasteiger partial charge in [-0.15, -0.1) is 0 Å². The number of hydrogen-bond acceptors (Lipinski definition) is 2. The van der Waals surface area contributed by atoms with Gasteiger partial charge < -0.3 is 4.57 Å². The van der Waals surface area contributed by atoms with Gasteiger partial charge in [0, 0.05) is 12.6 Å². The number of imidazole rings is 1. The van der Waals surface area contributed by atoms with Crippen molar-refractivity contribution >= 4 is 29.0 Å². The van der Waals surface area contributed by atoms with Gasteiger partial charge in [-0.2, -0.15) is 0 Å². The zero-order valence-electron chi connectivity index (χ0n) is 13.4. The number of halogens is 1. The molecule has 0 spiro atoms. The van der Waals surface area contributed by atoms with E-state index < -0.39 is 0 Å². The summed E-state index contributed by atoms with van der Waals surface area (Å²) >= 11 is 0. The molecular weight excluding hydrogens is 305 g/mol. The summed E-state index contributed by atoms with van der Waals surface area (Å²) in [4.78, 5) is 16.6. The number of fused-ring (bicyclic) bond motifs is 1. The Bertz CT molecular complexity index is 881. The number of aryl methyl sites for hydroxylation is 1. The predicted octanol–water partition coefficient (Wildman–Crippen LogP) is 4.24. The van der Waals surface area contributed by atoms with Crippen LogP contribution in [0.1, 0.15) is 18.9 Å². The molecule has 0 saturated carbocycles. The van der Waals surface area contributed by atoms with Gasteiger partial charge in [-0.05, 0) is 42.3 Å². The van der Waals surface area contributed by atoms with E-state index in [1.807, 2.05) is 28.8 Å². The number of carbonyl (C=O) groups is 1. The second-order valence-corrected chi connectivity index (χ2v) is 5.45. The first kappa shape index (κ1) is 15.9. The maximum atomic E-state index is 12.9. The highest BCUT2D eigenvalue weighted by molar-refractivity contribution is 6.01. The molecule has 0 atom stereocenters. The van der Waals surface area contributed by atoms with E-state index in [0.29, 0.717) is 5.95 Å². The third kappa shape index (κ3) is 3.51. The van der Waals surface area contributed by atoms with Crippen LogP contribution < -0.4 is 5.32 Å². The van der Waals surface area contributed by atoms with Crippen molar-refractivity contribution in [2.75, 3.05) is 5.32 Å². The van der Waals surface area contributed by atoms with Gasteiger partial charge in [-0.3, -0.25) is 10.1 Å². The van der Waals surface area contributed by atoms with Crippen molar-refractivity contribution in [3.8, 4) is 0 Å². The smallest absolute Gasteiger partial charge is 0.250 e. The van der Waals surface area contributed by atoms with E-state index >= 15 is 0 Å². The van der Waals surface area contributed by atoms with Crippen LogP contribution in [0.4, 0.5) is 10.3 Å². The summed E-state index contributed by atoms with van der Waals surface area (Å²) in [5.41, 5.74) is 2.61. The summed E-state index contributed by atoms with van der Waals surface area (Å²) < 4.78 is 14.9. The van der Waals surface area contributed by atoms with E-state index in [1.165, 1.54) is 18.2 Å². The molecular formula is C19H18FN3O. The van der Waals surface area contributed by atoms with Crippen LogP contribution >= 0.6 is 0 Å². The highest BCUT2D eigenvalue weighted by Crippen LogP contribution is 2.20. The number of nitrogens with one attached hydrogen (secondary N) is 1. The maximum absolute atomic E-state index is 12.9. The third-order valence-electron chi connectivity index (χ3n) is 3.63. The lowest BCUT2D eigenvalue weighted by atomic mass is 10.2. The van der Waals surface area contributed by atoms with Gasteiger partial charge in [0.25, 0.3) is 5.91 Å². The number of rotatable bonds is 5. The Morgan fingerprint density at radius 2 is 1.96 bits per heavy atom. The standard InChI is InChI=1S/C19H18FN3O/c1-2-13-23-17-6-4-3-5-16(17)21-19(23)22-18(24)12-9-14-7-10-15(20)11-8-14/h3-12H,2,13H2,1H3,(H,21,22,24)/b12-9+. The number of aromatic nitrogens is 2. The number of hydrogen-bond donors (Lipinski definition) is 1. The molecule has 1 amide bonds. The van der Waals surface area contributed by atoms with Crippen LogP contribution in [0.25, 0.3) is 17.1 Å². The first-order valence-electron chi connectivity index (χ1n) is 7.87. The van der Waals surface area contributed by atoms with E-state index in [-0.39, 0.29) is 11.7 Å². The average molecular weight is 323 g/mol. The van der Waals surface area contributed by atoms with E-state index in [4.69, 9.17) is 0 Å². The van der Waals surface area contributed by atoms with Crippen molar-refractivity contribution in [3.63, 3.8) is 0 Å². The van der Waals surface area contributed by atoms with Gasteiger partial charge in [0.15, 0.2) is 0 Å². The maximum Gasteiger partial charge on any atom is 0.250 e. The molecule has 0 aliphatic heterocycles. The minimum absolute atomic E-state index is 0.271. The predicted molar refractivity (Wildman–Crippen MR) is 94.1 cm³/mol. The molecule has 0 unspecified atom stereocenters. The lowest BCUT2D eigenvalue weighted by molar-refractivity contribution is -0.111. The van der Waals surface area contributed by atoms with Crippen LogP contribution in [0, 0.1) is 5.82 Å². The van der Waals surface area contributed by atoms with Crippen LogP contribution in [0.15, 0.2) is 54.6 Å². The summed E-state index contributed by atoms with van der Waals surface area (Å²) in [6.07, 6.45) is 4.00. The zero-order chi connectivity index (χ0) is 16.9. The molecule has 0 radical (unpaired) electrons. The molecule has 0 aliphatic carbocycles. The van der Waals surface area contributed by atoms with Crippen LogP contribution in [-0.2, 0) is 11.3 Å². The Hall–Kier alpha value is -2.95. The normalized spacial score (nSPS) is 11.2. The number of benzene rings is 2. The second kappa shape index (κ2) is 7.08. The molecule has 0 bridgehead atoms. The molecule has 3 aromatic rings. The minimum atomic E-state index is -0.301. The van der Waals surface area contributed by atoms with Crippen LogP contribution in [-0.4, -0.2) is 15.5 Å². The third-order valence-corrected chi connectivity index (χ3v) is 3.63. The van der Waals surface area contributed by atoms with Gasteiger partial charge in [0.2, 0.25) is 5.95 Å². The zero-order valence-corrected chi connectivity index (χ0v) is 13.4. The fourth-order valence-electron chi connectivity index (χ4n) is 2.52. The van der Waals surface area contributed by atoms with Crippen molar-refractivity contribution in [1.29, 1.82) is 0 Å². The Morgan fingerprint density at radius 1 is 1.21 bits per heavy atom. The molecule has 0 saturated heterocycles. The van der Waals surface area contributed by atoms with E-state index in [0.717, 1.165) is 29.6 Å². The van der Waals surface area contributed by atoms with Crippen molar-refractivity contribution in [2.45, 2.75) is 19.9 Å². The number of nitrogens with zero attached hydrogens (tertiary/aromatic N) is 2. The van der Waals surface area contributed by atoms with Crippen LogP contribution in [0.2, 0.25) is 0 Å². The summed E-state index contributed by atoms with van der Waals surface area (Å²) in [7, 11) is 0. The highest BCUT2D eigenvalue weighted by Gasteiger charge is 2.11. The molecule has 4 nitrogen and oxygen atoms in total. The molecule has 1 aromatic heterocycles. The Labute approximate surface area is 139 Å². The van der Waals surface area contributed by atoms with Gasteiger partial charge in [0.1, 0.15) is 5.82 Å². The monoisotopic (exact) mass is 323 g/mol. The highest BCUT2D eigenvalue weighted by atomic mass is 19.1. The molecule has 2 aromatic carbocycles. The lowest BCUT2D eigenvalue weighted by Crippen LogP contribution is -2.13. The summed E-state index contributed by atoms with van der Waals surface area (Å²) in [5, 5.41) is 2.82. The van der Waals surface area contributed by atoms with Crippen molar-refractivity contribution in [1.82, 2.24) is 9.55 Å². The summed E-state index contributed by atoms with van der Waals surface area (Å²) in [5.74, 6) is -0.0383. The fraction of sp³-hybridized carbons (Fsp3) is 0.158. The lowest BCUT2D eigenvalue weighted by Gasteiger charge is -2.07. The van der Waals surface area contributed by atoms with Gasteiger partial charge in [0.05, 0.1) is 11.0 Å². The average Bonchev–Trinajstić information content (AvgIpc) is 2.92. The first-order chi connectivity index (χ1) is 11.7. The Balaban J connectivity index is 1.79. The number of amides is 1. The Morgan fingerprint density at radius 3 is 2.71 bits per heavy atom. The van der Waals surface area contributed by atoms with E-state index in [2.05, 4.69) is 17.2 Å². The fourth-order valence-corrected chi connectivity index (χ4v) is 2.52. The number of para-hydroxylation sites is 2. The summed E-state index contributed by atoms with van der Waals surface area (Å²) in [6.45, 7) is 2.85. The largest absolute Gasteiger partial charge is 0.310 e. The second-order valence-electron chi connectivity index (χ2n) is 5.45.